The van der Waals surface area contributed by atoms with Gasteiger partial charge < -0.3 is 19.7 Å². The Hall–Kier alpha value is -4.12. The standard InChI is InChI=1S/C32H40FN3O6S/c1-6-23(4)34-32(38)30(7-2)35(21-24-9-15-27(41-5)16-10-24)31(37)22-36(26-13-11-25(33)12-14-26)43(39,40)29-19-17-28(18-20-29)42-8-3/h9-20,23,30H,6-8,21-22H2,1-5H3,(H,34,38)/t23-,30+/m1/s1. The third kappa shape index (κ3) is 8.70. The Morgan fingerprint density at radius 2 is 1.49 bits per heavy atom. The average Bonchev–Trinajstić information content (AvgIpc) is 3.00. The summed E-state index contributed by atoms with van der Waals surface area (Å²) in [6, 6.07) is 16.8. The molecule has 0 unspecified atom stereocenters. The number of benzene rings is 3. The molecule has 2 atom stereocenters. The van der Waals surface area contributed by atoms with E-state index in [0.717, 1.165) is 22.0 Å². The van der Waals surface area contributed by atoms with Crippen LogP contribution in [0.2, 0.25) is 0 Å². The zero-order valence-corrected chi connectivity index (χ0v) is 26.1. The minimum Gasteiger partial charge on any atom is -0.497 e. The van der Waals surface area contributed by atoms with Crippen LogP contribution in [-0.2, 0) is 26.2 Å². The van der Waals surface area contributed by atoms with Crippen molar-refractivity contribution in [2.75, 3.05) is 24.6 Å². The van der Waals surface area contributed by atoms with Gasteiger partial charge in [0.2, 0.25) is 11.8 Å². The quantitative estimate of drug-likeness (QED) is 0.254. The SMILES string of the molecule is CCOc1ccc(S(=O)(=O)N(CC(=O)N(Cc2ccc(OC)cc2)[C@@H](CC)C(=O)N[C@H](C)CC)c2ccc(F)cc2)cc1. The first-order chi connectivity index (χ1) is 20.5. The smallest absolute Gasteiger partial charge is 0.264 e. The summed E-state index contributed by atoms with van der Waals surface area (Å²) >= 11 is 0. The molecule has 0 aromatic heterocycles. The summed E-state index contributed by atoms with van der Waals surface area (Å²) in [5.41, 5.74) is 0.830. The summed E-state index contributed by atoms with van der Waals surface area (Å²) in [5, 5.41) is 2.94. The first kappa shape index (κ1) is 33.4. The van der Waals surface area contributed by atoms with Gasteiger partial charge in [0, 0.05) is 12.6 Å². The Balaban J connectivity index is 2.04. The maximum absolute atomic E-state index is 14.1. The van der Waals surface area contributed by atoms with Crippen molar-refractivity contribution in [3.8, 4) is 11.5 Å². The number of methoxy groups -OCH3 is 1. The first-order valence-corrected chi connectivity index (χ1v) is 15.7. The van der Waals surface area contributed by atoms with Crippen LogP contribution < -0.4 is 19.1 Å². The van der Waals surface area contributed by atoms with Gasteiger partial charge in [0.1, 0.15) is 29.9 Å². The third-order valence-electron chi connectivity index (χ3n) is 7.02. The summed E-state index contributed by atoms with van der Waals surface area (Å²) in [5.74, 6) is -0.355. The van der Waals surface area contributed by atoms with Crippen LogP contribution in [-0.4, -0.2) is 57.5 Å². The highest BCUT2D eigenvalue weighted by Gasteiger charge is 2.34. The van der Waals surface area contributed by atoms with Crippen molar-refractivity contribution in [3.63, 3.8) is 0 Å². The number of rotatable bonds is 15. The number of carbonyl (C=O) groups is 2. The van der Waals surface area contributed by atoms with Crippen molar-refractivity contribution in [1.82, 2.24) is 10.2 Å². The molecule has 3 aromatic carbocycles. The molecule has 0 spiro atoms. The highest BCUT2D eigenvalue weighted by Crippen LogP contribution is 2.27. The first-order valence-electron chi connectivity index (χ1n) is 14.3. The second-order valence-corrected chi connectivity index (χ2v) is 11.9. The number of sulfonamides is 1. The fourth-order valence-corrected chi connectivity index (χ4v) is 5.84. The molecule has 0 heterocycles. The lowest BCUT2D eigenvalue weighted by Crippen LogP contribution is -2.53. The number of anilines is 1. The molecule has 0 saturated carbocycles. The molecule has 9 nitrogen and oxygen atoms in total. The van der Waals surface area contributed by atoms with Crippen molar-refractivity contribution < 1.29 is 31.9 Å². The molecule has 0 fully saturated rings. The third-order valence-corrected chi connectivity index (χ3v) is 8.80. The number of nitrogens with one attached hydrogen (secondary N) is 1. The van der Waals surface area contributed by atoms with E-state index < -0.39 is 34.3 Å². The van der Waals surface area contributed by atoms with Gasteiger partial charge in [-0.1, -0.05) is 26.0 Å². The van der Waals surface area contributed by atoms with Crippen LogP contribution in [0.15, 0.2) is 77.7 Å². The zero-order chi connectivity index (χ0) is 31.6. The Labute approximate surface area is 253 Å². The van der Waals surface area contributed by atoms with E-state index in [-0.39, 0.29) is 29.1 Å². The van der Waals surface area contributed by atoms with Crippen molar-refractivity contribution in [2.45, 2.75) is 64.1 Å². The summed E-state index contributed by atoms with van der Waals surface area (Å²) in [4.78, 5) is 28.8. The number of halogens is 1. The molecule has 0 bridgehead atoms. The van der Waals surface area contributed by atoms with E-state index in [1.54, 1.807) is 38.3 Å². The van der Waals surface area contributed by atoms with Gasteiger partial charge in [-0.2, -0.15) is 0 Å². The molecule has 3 aromatic rings. The topological polar surface area (TPSA) is 105 Å². The number of hydrogen-bond donors (Lipinski definition) is 1. The fourth-order valence-electron chi connectivity index (χ4n) is 4.43. The average molecular weight is 614 g/mol. The highest BCUT2D eigenvalue weighted by atomic mass is 32.2. The number of ether oxygens (including phenoxy) is 2. The molecule has 1 N–H and O–H groups in total. The second-order valence-electron chi connectivity index (χ2n) is 10.0. The van der Waals surface area contributed by atoms with Gasteiger partial charge in [-0.3, -0.25) is 13.9 Å². The molecule has 11 heteroatoms. The summed E-state index contributed by atoms with van der Waals surface area (Å²) < 4.78 is 53.4. The van der Waals surface area contributed by atoms with E-state index in [2.05, 4.69) is 5.32 Å². The molecule has 2 amide bonds. The van der Waals surface area contributed by atoms with Gasteiger partial charge in [-0.25, -0.2) is 12.8 Å². The maximum Gasteiger partial charge on any atom is 0.264 e. The summed E-state index contributed by atoms with van der Waals surface area (Å²) in [6.45, 7) is 7.27. The molecular weight excluding hydrogens is 573 g/mol. The Bertz CT molecular complexity index is 1450. The molecule has 232 valence electrons. The lowest BCUT2D eigenvalue weighted by Gasteiger charge is -2.33. The van der Waals surface area contributed by atoms with Crippen molar-refractivity contribution >= 4 is 27.5 Å². The molecule has 0 radical (unpaired) electrons. The van der Waals surface area contributed by atoms with Gasteiger partial charge in [-0.15, -0.1) is 0 Å². The van der Waals surface area contributed by atoms with Crippen LogP contribution >= 0.6 is 0 Å². The Morgan fingerprint density at radius 1 is 0.884 bits per heavy atom. The van der Waals surface area contributed by atoms with Gasteiger partial charge in [-0.05, 0) is 92.9 Å². The summed E-state index contributed by atoms with van der Waals surface area (Å²) in [6.07, 6.45) is 1.000. The predicted molar refractivity (Wildman–Crippen MR) is 164 cm³/mol. The van der Waals surface area contributed by atoms with Gasteiger partial charge in [0.15, 0.2) is 0 Å². The van der Waals surface area contributed by atoms with Crippen LogP contribution in [0.3, 0.4) is 0 Å². The number of amides is 2. The van der Waals surface area contributed by atoms with Crippen LogP contribution in [0.1, 0.15) is 46.1 Å². The van der Waals surface area contributed by atoms with Crippen LogP contribution in [0.5, 0.6) is 11.5 Å². The van der Waals surface area contributed by atoms with Crippen molar-refractivity contribution in [1.29, 1.82) is 0 Å². The summed E-state index contributed by atoms with van der Waals surface area (Å²) in [7, 11) is -2.75. The van der Waals surface area contributed by atoms with Gasteiger partial charge >= 0.3 is 0 Å². The predicted octanol–water partition coefficient (Wildman–Crippen LogP) is 5.15. The van der Waals surface area contributed by atoms with Gasteiger partial charge in [0.25, 0.3) is 10.0 Å². The highest BCUT2D eigenvalue weighted by molar-refractivity contribution is 7.92. The number of nitrogens with zero attached hydrogens (tertiary/aromatic N) is 2. The van der Waals surface area contributed by atoms with Crippen molar-refractivity contribution in [3.05, 3.63) is 84.2 Å². The van der Waals surface area contributed by atoms with Crippen LogP contribution in [0, 0.1) is 5.82 Å². The molecule has 43 heavy (non-hydrogen) atoms. The fraction of sp³-hybridized carbons (Fsp3) is 0.375. The lowest BCUT2D eigenvalue weighted by atomic mass is 10.1. The normalized spacial score (nSPS) is 12.6. The minimum absolute atomic E-state index is 0.0512. The van der Waals surface area contributed by atoms with Crippen LogP contribution in [0.4, 0.5) is 10.1 Å². The molecular formula is C32H40FN3O6S. The largest absolute Gasteiger partial charge is 0.497 e. The second kappa shape index (κ2) is 15.4. The van der Waals surface area contributed by atoms with E-state index in [1.165, 1.54) is 41.3 Å². The Kier molecular flexibility index (Phi) is 11.9. The molecule has 0 aliphatic rings. The van der Waals surface area contributed by atoms with E-state index in [1.807, 2.05) is 20.8 Å². The maximum atomic E-state index is 14.1. The number of hydrogen-bond acceptors (Lipinski definition) is 6. The lowest BCUT2D eigenvalue weighted by molar-refractivity contribution is -0.140. The van der Waals surface area contributed by atoms with Crippen LogP contribution in [0.25, 0.3) is 0 Å². The Morgan fingerprint density at radius 3 is 2.02 bits per heavy atom. The monoisotopic (exact) mass is 613 g/mol. The van der Waals surface area contributed by atoms with E-state index in [0.29, 0.717) is 30.9 Å². The van der Waals surface area contributed by atoms with Crippen molar-refractivity contribution in [2.24, 2.45) is 0 Å². The zero-order valence-electron chi connectivity index (χ0n) is 25.2. The molecule has 3 rings (SSSR count). The van der Waals surface area contributed by atoms with E-state index >= 15 is 0 Å². The molecule has 0 saturated heterocycles. The van der Waals surface area contributed by atoms with E-state index in [9.17, 15) is 22.4 Å². The number of carbonyl (C=O) groups excluding carboxylic acids is 2. The molecule has 0 aliphatic heterocycles. The molecule has 0 aliphatic carbocycles. The van der Waals surface area contributed by atoms with Gasteiger partial charge in [0.05, 0.1) is 24.3 Å². The minimum atomic E-state index is -4.29. The van der Waals surface area contributed by atoms with E-state index in [4.69, 9.17) is 9.47 Å².